The highest BCUT2D eigenvalue weighted by Gasteiger charge is 2.16. The van der Waals surface area contributed by atoms with Gasteiger partial charge >= 0.3 is 6.03 Å². The second-order valence-corrected chi connectivity index (χ2v) is 6.42. The molecule has 0 fully saturated rings. The Labute approximate surface area is 126 Å². The Balaban J connectivity index is 1.85. The third-order valence-corrected chi connectivity index (χ3v) is 3.17. The maximum atomic E-state index is 11.7. The number of benzene rings is 1. The van der Waals surface area contributed by atoms with Gasteiger partial charge in [-0.05, 0) is 32.9 Å². The van der Waals surface area contributed by atoms with Gasteiger partial charge in [0.25, 0.3) is 5.22 Å². The predicted octanol–water partition coefficient (Wildman–Crippen LogP) is 2.54. The first-order valence-electron chi connectivity index (χ1n) is 6.44. The van der Waals surface area contributed by atoms with Crippen molar-refractivity contribution in [1.82, 2.24) is 15.6 Å². The molecule has 0 saturated heterocycles. The molecular formula is C14H17N3O3S. The summed E-state index contributed by atoms with van der Waals surface area (Å²) in [6, 6.07) is 6.85. The van der Waals surface area contributed by atoms with E-state index in [4.69, 9.17) is 4.42 Å². The number of oxazole rings is 1. The van der Waals surface area contributed by atoms with E-state index in [9.17, 15) is 9.59 Å². The summed E-state index contributed by atoms with van der Waals surface area (Å²) in [5.41, 5.74) is 1.02. The molecule has 112 valence electrons. The topological polar surface area (TPSA) is 84.2 Å². The molecule has 1 aromatic heterocycles. The summed E-state index contributed by atoms with van der Waals surface area (Å²) in [6.45, 7) is 5.51. The van der Waals surface area contributed by atoms with Crippen LogP contribution >= 0.6 is 11.8 Å². The Morgan fingerprint density at radius 2 is 2.00 bits per heavy atom. The Hall–Kier alpha value is -2.02. The van der Waals surface area contributed by atoms with Gasteiger partial charge in [-0.2, -0.15) is 0 Å². The number of urea groups is 1. The quantitative estimate of drug-likeness (QED) is 0.851. The van der Waals surface area contributed by atoms with E-state index < -0.39 is 17.5 Å². The number of amides is 3. The number of carbonyl (C=O) groups excluding carboxylic acids is 2. The number of nitrogens with one attached hydrogen (secondary N) is 2. The molecule has 0 aliphatic rings. The highest BCUT2D eigenvalue weighted by molar-refractivity contribution is 7.99. The number of thioether (sulfide) groups is 1. The zero-order chi connectivity index (χ0) is 15.5. The van der Waals surface area contributed by atoms with Crippen LogP contribution in [0.15, 0.2) is 33.9 Å². The molecule has 0 radical (unpaired) electrons. The molecule has 0 unspecified atom stereocenters. The van der Waals surface area contributed by atoms with Crippen LogP contribution in [0.25, 0.3) is 11.1 Å². The minimum absolute atomic E-state index is 0.0599. The molecule has 0 saturated carbocycles. The average Bonchev–Trinajstić information content (AvgIpc) is 2.76. The number of nitrogens with zero attached hydrogens (tertiary/aromatic N) is 1. The second kappa shape index (κ2) is 6.17. The molecule has 0 aliphatic carbocycles. The average molecular weight is 307 g/mol. The highest BCUT2D eigenvalue weighted by atomic mass is 32.2. The molecular weight excluding hydrogens is 290 g/mol. The first-order valence-corrected chi connectivity index (χ1v) is 7.42. The number of aromatic nitrogens is 1. The third kappa shape index (κ3) is 4.78. The zero-order valence-electron chi connectivity index (χ0n) is 12.1. The van der Waals surface area contributed by atoms with Crippen LogP contribution in [0.3, 0.4) is 0 Å². The van der Waals surface area contributed by atoms with Crippen LogP contribution in [0.2, 0.25) is 0 Å². The van der Waals surface area contributed by atoms with Crippen LogP contribution in [-0.4, -0.2) is 28.2 Å². The SMILES string of the molecule is CC(C)(C)NC(=O)NC(=O)CSc1nc2ccccc2o1. The van der Waals surface area contributed by atoms with Gasteiger partial charge in [0.2, 0.25) is 5.91 Å². The molecule has 0 atom stereocenters. The molecule has 1 aromatic carbocycles. The number of carbonyl (C=O) groups is 2. The van der Waals surface area contributed by atoms with Crippen molar-refractivity contribution in [3.8, 4) is 0 Å². The second-order valence-electron chi connectivity index (χ2n) is 5.49. The number of rotatable bonds is 3. The summed E-state index contributed by atoms with van der Waals surface area (Å²) in [6.07, 6.45) is 0. The normalized spacial score (nSPS) is 11.4. The van der Waals surface area contributed by atoms with Crippen molar-refractivity contribution < 1.29 is 14.0 Å². The van der Waals surface area contributed by atoms with Crippen molar-refractivity contribution in [1.29, 1.82) is 0 Å². The van der Waals surface area contributed by atoms with Gasteiger partial charge in [-0.15, -0.1) is 0 Å². The first kappa shape index (κ1) is 15.4. The number of para-hydroxylation sites is 2. The molecule has 6 nitrogen and oxygen atoms in total. The monoisotopic (exact) mass is 307 g/mol. The van der Waals surface area contributed by atoms with Crippen LogP contribution in [-0.2, 0) is 4.79 Å². The van der Waals surface area contributed by atoms with Gasteiger partial charge in [-0.1, -0.05) is 23.9 Å². The molecule has 2 N–H and O–H groups in total. The fourth-order valence-electron chi connectivity index (χ4n) is 1.57. The van der Waals surface area contributed by atoms with E-state index in [0.717, 1.165) is 17.3 Å². The van der Waals surface area contributed by atoms with E-state index in [1.54, 1.807) is 0 Å². The third-order valence-electron chi connectivity index (χ3n) is 2.34. The van der Waals surface area contributed by atoms with Crippen molar-refractivity contribution in [2.24, 2.45) is 0 Å². The summed E-state index contributed by atoms with van der Waals surface area (Å²) in [5, 5.41) is 5.32. The van der Waals surface area contributed by atoms with Gasteiger partial charge in [0.15, 0.2) is 5.58 Å². The van der Waals surface area contributed by atoms with Crippen LogP contribution in [0.5, 0.6) is 0 Å². The van der Waals surface area contributed by atoms with E-state index in [0.29, 0.717) is 10.8 Å². The van der Waals surface area contributed by atoms with Crippen molar-refractivity contribution >= 4 is 34.8 Å². The molecule has 2 aromatic rings. The van der Waals surface area contributed by atoms with Gasteiger partial charge in [0.1, 0.15) is 5.52 Å². The highest BCUT2D eigenvalue weighted by Crippen LogP contribution is 2.22. The minimum atomic E-state index is -0.509. The van der Waals surface area contributed by atoms with Gasteiger partial charge < -0.3 is 9.73 Å². The number of hydrogen-bond donors (Lipinski definition) is 2. The lowest BCUT2D eigenvalue weighted by Crippen LogP contribution is -2.48. The van der Waals surface area contributed by atoms with Gasteiger partial charge in [-0.3, -0.25) is 10.1 Å². The Morgan fingerprint density at radius 3 is 2.67 bits per heavy atom. The van der Waals surface area contributed by atoms with E-state index in [-0.39, 0.29) is 5.75 Å². The van der Waals surface area contributed by atoms with E-state index >= 15 is 0 Å². The van der Waals surface area contributed by atoms with Gasteiger partial charge in [-0.25, -0.2) is 9.78 Å². The molecule has 0 bridgehead atoms. The summed E-state index contributed by atoms with van der Waals surface area (Å²) in [7, 11) is 0. The Kier molecular flexibility index (Phi) is 4.52. The molecule has 0 aliphatic heterocycles. The Bertz CT molecular complexity index is 628. The molecule has 21 heavy (non-hydrogen) atoms. The molecule has 3 amide bonds. The lowest BCUT2D eigenvalue weighted by molar-refractivity contribution is -0.117. The van der Waals surface area contributed by atoms with E-state index in [1.807, 2.05) is 45.0 Å². The fraction of sp³-hybridized carbons (Fsp3) is 0.357. The maximum absolute atomic E-state index is 11.7. The largest absolute Gasteiger partial charge is 0.431 e. The minimum Gasteiger partial charge on any atom is -0.431 e. The first-order chi connectivity index (χ1) is 9.83. The van der Waals surface area contributed by atoms with Gasteiger partial charge in [0.05, 0.1) is 5.75 Å². The summed E-state index contributed by atoms with van der Waals surface area (Å²) in [5.74, 6) is -0.339. The zero-order valence-corrected chi connectivity index (χ0v) is 12.9. The van der Waals surface area contributed by atoms with Crippen LogP contribution in [0.1, 0.15) is 20.8 Å². The summed E-state index contributed by atoms with van der Waals surface area (Å²) < 4.78 is 5.48. The molecule has 7 heteroatoms. The smallest absolute Gasteiger partial charge is 0.321 e. The van der Waals surface area contributed by atoms with E-state index in [1.165, 1.54) is 0 Å². The maximum Gasteiger partial charge on any atom is 0.321 e. The molecule has 2 rings (SSSR count). The van der Waals surface area contributed by atoms with Crippen molar-refractivity contribution in [3.63, 3.8) is 0 Å². The molecule has 0 spiro atoms. The van der Waals surface area contributed by atoms with E-state index in [2.05, 4.69) is 15.6 Å². The van der Waals surface area contributed by atoms with Crippen LogP contribution in [0.4, 0.5) is 4.79 Å². The Morgan fingerprint density at radius 1 is 1.29 bits per heavy atom. The van der Waals surface area contributed by atoms with Crippen molar-refractivity contribution in [2.75, 3.05) is 5.75 Å². The number of imide groups is 1. The van der Waals surface area contributed by atoms with Crippen LogP contribution < -0.4 is 10.6 Å². The van der Waals surface area contributed by atoms with Crippen molar-refractivity contribution in [2.45, 2.75) is 31.5 Å². The summed E-state index contributed by atoms with van der Waals surface area (Å²) in [4.78, 5) is 27.4. The summed E-state index contributed by atoms with van der Waals surface area (Å²) >= 11 is 1.14. The van der Waals surface area contributed by atoms with Crippen LogP contribution in [0, 0.1) is 0 Å². The fourth-order valence-corrected chi connectivity index (χ4v) is 2.21. The number of hydrogen-bond acceptors (Lipinski definition) is 5. The van der Waals surface area contributed by atoms with Crippen molar-refractivity contribution in [3.05, 3.63) is 24.3 Å². The molecule has 1 heterocycles. The lowest BCUT2D eigenvalue weighted by atomic mass is 10.1. The standard InChI is InChI=1S/C14H17N3O3S/c1-14(2,3)17-12(19)16-11(18)8-21-13-15-9-6-4-5-7-10(9)20-13/h4-7H,8H2,1-3H3,(H2,16,17,18,19). The predicted molar refractivity (Wildman–Crippen MR) is 81.2 cm³/mol. The number of fused-ring (bicyclic) bond motifs is 1. The lowest BCUT2D eigenvalue weighted by Gasteiger charge is -2.20. The van der Waals surface area contributed by atoms with Gasteiger partial charge in [0, 0.05) is 5.54 Å².